The number of hydrogen-bond acceptors (Lipinski definition) is 2. The lowest BCUT2D eigenvalue weighted by molar-refractivity contribution is -0.149. The third-order valence-electron chi connectivity index (χ3n) is 2.82. The Morgan fingerprint density at radius 3 is 1.83 bits per heavy atom. The molecule has 0 radical (unpaired) electrons. The molecule has 130 valence electrons. The topological polar surface area (TPSA) is 25.8 Å². The standard InChI is InChI=1S/C13H5F9N2/c14-11(15,16)6-3-4-23-8(5-6)7-1-2-9(12(17,18)19)24-10(7)13(20,21)22/h1-5H. The molecule has 0 fully saturated rings. The second-order valence-electron chi connectivity index (χ2n) is 4.52. The number of halogens is 9. The summed E-state index contributed by atoms with van der Waals surface area (Å²) >= 11 is 0. The van der Waals surface area contributed by atoms with Crippen molar-refractivity contribution < 1.29 is 39.5 Å². The molecule has 0 aliphatic heterocycles. The molecular formula is C13H5F9N2. The van der Waals surface area contributed by atoms with Crippen molar-refractivity contribution in [1.82, 2.24) is 9.97 Å². The van der Waals surface area contributed by atoms with Gasteiger partial charge in [-0.05, 0) is 24.3 Å². The van der Waals surface area contributed by atoms with E-state index in [2.05, 4.69) is 9.97 Å². The van der Waals surface area contributed by atoms with Gasteiger partial charge in [0.2, 0.25) is 0 Å². The third-order valence-corrected chi connectivity index (χ3v) is 2.82. The lowest BCUT2D eigenvalue weighted by atomic mass is 10.1. The van der Waals surface area contributed by atoms with E-state index in [4.69, 9.17) is 0 Å². The zero-order valence-corrected chi connectivity index (χ0v) is 11.2. The maximum atomic E-state index is 13.0. The van der Waals surface area contributed by atoms with Crippen molar-refractivity contribution in [2.75, 3.05) is 0 Å². The Bertz CT molecular complexity index is 744. The summed E-state index contributed by atoms with van der Waals surface area (Å²) in [7, 11) is 0. The molecular weight excluding hydrogens is 355 g/mol. The van der Waals surface area contributed by atoms with E-state index in [0.29, 0.717) is 24.4 Å². The minimum Gasteiger partial charge on any atom is -0.256 e. The maximum Gasteiger partial charge on any atom is 0.434 e. The monoisotopic (exact) mass is 360 g/mol. The highest BCUT2D eigenvalue weighted by atomic mass is 19.4. The second kappa shape index (κ2) is 5.64. The number of pyridine rings is 2. The molecule has 24 heavy (non-hydrogen) atoms. The molecule has 0 aromatic carbocycles. The van der Waals surface area contributed by atoms with Gasteiger partial charge in [0.05, 0.1) is 11.3 Å². The minimum atomic E-state index is -5.31. The molecule has 2 aromatic heterocycles. The van der Waals surface area contributed by atoms with Gasteiger partial charge in [-0.2, -0.15) is 39.5 Å². The van der Waals surface area contributed by atoms with Crippen LogP contribution in [0.3, 0.4) is 0 Å². The Hall–Kier alpha value is -2.33. The summed E-state index contributed by atoms with van der Waals surface area (Å²) in [6.45, 7) is 0. The summed E-state index contributed by atoms with van der Waals surface area (Å²) in [4.78, 5) is 5.88. The molecule has 0 unspecified atom stereocenters. The first-order valence-corrected chi connectivity index (χ1v) is 5.99. The van der Waals surface area contributed by atoms with Crippen LogP contribution in [0.5, 0.6) is 0 Å². The molecule has 0 amide bonds. The highest BCUT2D eigenvalue weighted by molar-refractivity contribution is 5.63. The fourth-order valence-corrected chi connectivity index (χ4v) is 1.79. The van der Waals surface area contributed by atoms with Crippen molar-refractivity contribution >= 4 is 0 Å². The van der Waals surface area contributed by atoms with Gasteiger partial charge >= 0.3 is 18.5 Å². The average molecular weight is 360 g/mol. The van der Waals surface area contributed by atoms with Gasteiger partial charge in [-0.15, -0.1) is 0 Å². The van der Waals surface area contributed by atoms with E-state index in [-0.39, 0.29) is 6.07 Å². The van der Waals surface area contributed by atoms with Gasteiger partial charge in [-0.1, -0.05) is 0 Å². The normalized spacial score (nSPS) is 13.2. The van der Waals surface area contributed by atoms with Gasteiger partial charge in [0.25, 0.3) is 0 Å². The summed E-state index contributed by atoms with van der Waals surface area (Å²) < 4.78 is 114. The zero-order chi connectivity index (χ0) is 18.3. The lowest BCUT2D eigenvalue weighted by Crippen LogP contribution is -2.16. The number of hydrogen-bond donors (Lipinski definition) is 0. The SMILES string of the molecule is FC(F)(F)c1ccnc(-c2ccc(C(F)(F)F)nc2C(F)(F)F)c1. The van der Waals surface area contributed by atoms with Crippen LogP contribution < -0.4 is 0 Å². The number of rotatable bonds is 1. The van der Waals surface area contributed by atoms with Crippen LogP contribution in [-0.2, 0) is 18.5 Å². The Morgan fingerprint density at radius 2 is 1.33 bits per heavy atom. The summed E-state index contributed by atoms with van der Waals surface area (Å²) in [6, 6.07) is 1.46. The van der Waals surface area contributed by atoms with Crippen molar-refractivity contribution in [1.29, 1.82) is 0 Å². The van der Waals surface area contributed by atoms with E-state index in [1.54, 1.807) is 0 Å². The second-order valence-corrected chi connectivity index (χ2v) is 4.52. The molecule has 0 spiro atoms. The van der Waals surface area contributed by atoms with Crippen LogP contribution in [0, 0.1) is 0 Å². The molecule has 0 saturated heterocycles. The molecule has 0 atom stereocenters. The van der Waals surface area contributed by atoms with Gasteiger partial charge in [-0.3, -0.25) is 4.98 Å². The Labute approximate surface area is 128 Å². The van der Waals surface area contributed by atoms with Crippen molar-refractivity contribution in [3.8, 4) is 11.3 Å². The molecule has 0 N–H and O–H groups in total. The highest BCUT2D eigenvalue weighted by Crippen LogP contribution is 2.39. The molecule has 0 aliphatic carbocycles. The Balaban J connectivity index is 2.67. The van der Waals surface area contributed by atoms with E-state index < -0.39 is 46.7 Å². The number of alkyl halides is 9. The quantitative estimate of drug-likeness (QED) is 0.654. The van der Waals surface area contributed by atoms with Gasteiger partial charge in [0.1, 0.15) is 5.69 Å². The average Bonchev–Trinajstić information content (AvgIpc) is 2.44. The Morgan fingerprint density at radius 1 is 0.708 bits per heavy atom. The van der Waals surface area contributed by atoms with E-state index in [1.807, 2.05) is 0 Å². The van der Waals surface area contributed by atoms with Gasteiger partial charge in [0.15, 0.2) is 5.69 Å². The van der Waals surface area contributed by atoms with Crippen LogP contribution in [0.1, 0.15) is 17.0 Å². The van der Waals surface area contributed by atoms with E-state index in [1.165, 1.54) is 0 Å². The Kier molecular flexibility index (Phi) is 4.23. The summed E-state index contributed by atoms with van der Waals surface area (Å²) in [5, 5.41) is 0. The zero-order valence-electron chi connectivity index (χ0n) is 11.2. The van der Waals surface area contributed by atoms with Crippen molar-refractivity contribution in [2.24, 2.45) is 0 Å². The fraction of sp³-hybridized carbons (Fsp3) is 0.231. The lowest BCUT2D eigenvalue weighted by Gasteiger charge is -2.15. The summed E-state index contributed by atoms with van der Waals surface area (Å²) in [6.07, 6.45) is -14.7. The highest BCUT2D eigenvalue weighted by Gasteiger charge is 2.41. The molecule has 0 saturated carbocycles. The van der Waals surface area contributed by atoms with Gasteiger partial charge < -0.3 is 0 Å². The van der Waals surface area contributed by atoms with Gasteiger partial charge in [-0.25, -0.2) is 4.98 Å². The van der Waals surface area contributed by atoms with Crippen LogP contribution in [0.15, 0.2) is 30.5 Å². The molecule has 2 nitrogen and oxygen atoms in total. The summed E-state index contributed by atoms with van der Waals surface area (Å²) in [5.74, 6) is 0. The van der Waals surface area contributed by atoms with E-state index in [9.17, 15) is 39.5 Å². The largest absolute Gasteiger partial charge is 0.434 e. The first-order chi connectivity index (χ1) is 10.8. The predicted molar refractivity (Wildman–Crippen MR) is 62.5 cm³/mol. The molecule has 0 aliphatic rings. The van der Waals surface area contributed by atoms with Crippen molar-refractivity contribution in [3.05, 3.63) is 47.4 Å². The van der Waals surface area contributed by atoms with Crippen molar-refractivity contribution in [2.45, 2.75) is 18.5 Å². The number of aromatic nitrogens is 2. The molecule has 0 bridgehead atoms. The van der Waals surface area contributed by atoms with Crippen LogP contribution >= 0.6 is 0 Å². The van der Waals surface area contributed by atoms with Crippen LogP contribution in [0.4, 0.5) is 39.5 Å². The maximum absolute atomic E-state index is 13.0. The fourth-order valence-electron chi connectivity index (χ4n) is 1.79. The number of nitrogens with zero attached hydrogens (tertiary/aromatic N) is 2. The van der Waals surface area contributed by atoms with E-state index in [0.717, 1.165) is 0 Å². The molecule has 11 heteroatoms. The molecule has 2 heterocycles. The smallest absolute Gasteiger partial charge is 0.256 e. The minimum absolute atomic E-state index is 0.243. The first kappa shape index (κ1) is 18.0. The van der Waals surface area contributed by atoms with Crippen LogP contribution in [0.2, 0.25) is 0 Å². The van der Waals surface area contributed by atoms with Gasteiger partial charge in [0, 0.05) is 11.8 Å². The van der Waals surface area contributed by atoms with Crippen LogP contribution in [0.25, 0.3) is 11.3 Å². The predicted octanol–water partition coefficient (Wildman–Crippen LogP) is 5.20. The molecule has 2 aromatic rings. The van der Waals surface area contributed by atoms with Crippen molar-refractivity contribution in [3.63, 3.8) is 0 Å². The van der Waals surface area contributed by atoms with Crippen LogP contribution in [-0.4, -0.2) is 9.97 Å². The van der Waals surface area contributed by atoms with E-state index >= 15 is 0 Å². The third kappa shape index (κ3) is 3.77. The first-order valence-electron chi connectivity index (χ1n) is 5.99. The molecule has 2 rings (SSSR count). The summed E-state index contributed by atoms with van der Waals surface area (Å²) in [5.41, 5.74) is -6.85.